The molecule has 2 unspecified atom stereocenters. The lowest BCUT2D eigenvalue weighted by Crippen LogP contribution is -2.53. The van der Waals surface area contributed by atoms with E-state index < -0.39 is 24.1 Å². The first kappa shape index (κ1) is 27.2. The minimum atomic E-state index is -0.816. The van der Waals surface area contributed by atoms with Crippen molar-refractivity contribution in [2.75, 3.05) is 19.1 Å². The standard InChI is InChI=1S/C26H34N2O5S/c1-18(2)14-23(28-26(31)33-16-20-8-6-5-7-9-20)25(30)27-22(24(29)17-34-4)15-19-10-12-21(32-3)13-11-19/h5-13,18,22-23H,14-17H2,1-4H3,(H,27,30)(H,28,31). The number of ketones is 1. The molecular weight excluding hydrogens is 452 g/mol. The van der Waals surface area contributed by atoms with Crippen molar-refractivity contribution in [3.05, 3.63) is 65.7 Å². The number of alkyl carbamates (subject to hydrolysis) is 1. The Morgan fingerprint density at radius 1 is 0.912 bits per heavy atom. The number of Topliss-reactive ketones (excluding diaryl/α,β-unsaturated/α-hetero) is 1. The SMILES string of the molecule is COc1ccc(CC(NC(=O)C(CC(C)C)NC(=O)OCc2ccccc2)C(=O)CSC)cc1. The number of hydrogen-bond acceptors (Lipinski definition) is 6. The van der Waals surface area contributed by atoms with Crippen LogP contribution in [-0.2, 0) is 27.4 Å². The molecule has 0 spiro atoms. The van der Waals surface area contributed by atoms with Gasteiger partial charge >= 0.3 is 6.09 Å². The summed E-state index contributed by atoms with van der Waals surface area (Å²) in [5.41, 5.74) is 1.75. The Hall–Kier alpha value is -3.00. The van der Waals surface area contributed by atoms with Crippen molar-refractivity contribution in [3.63, 3.8) is 0 Å². The van der Waals surface area contributed by atoms with Gasteiger partial charge in [0.2, 0.25) is 5.91 Å². The van der Waals surface area contributed by atoms with Crippen LogP contribution in [0.5, 0.6) is 5.75 Å². The molecule has 2 rings (SSSR count). The molecule has 0 aliphatic rings. The number of benzene rings is 2. The number of ether oxygens (including phenoxy) is 2. The minimum Gasteiger partial charge on any atom is -0.497 e. The first-order chi connectivity index (χ1) is 16.3. The van der Waals surface area contributed by atoms with Crippen molar-refractivity contribution in [3.8, 4) is 5.75 Å². The van der Waals surface area contributed by atoms with Gasteiger partial charge in [-0.25, -0.2) is 4.79 Å². The van der Waals surface area contributed by atoms with Crippen molar-refractivity contribution in [1.29, 1.82) is 0 Å². The maximum atomic E-state index is 13.1. The zero-order valence-electron chi connectivity index (χ0n) is 20.2. The fourth-order valence-electron chi connectivity index (χ4n) is 3.37. The zero-order valence-corrected chi connectivity index (χ0v) is 21.0. The van der Waals surface area contributed by atoms with E-state index in [9.17, 15) is 14.4 Å². The molecule has 2 atom stereocenters. The summed E-state index contributed by atoms with van der Waals surface area (Å²) < 4.78 is 10.5. The molecule has 8 heteroatoms. The van der Waals surface area contributed by atoms with Gasteiger partial charge in [0.05, 0.1) is 18.9 Å². The molecule has 2 N–H and O–H groups in total. The molecule has 7 nitrogen and oxygen atoms in total. The molecule has 2 aromatic carbocycles. The first-order valence-electron chi connectivity index (χ1n) is 11.2. The molecule has 0 aliphatic heterocycles. The highest BCUT2D eigenvalue weighted by atomic mass is 32.2. The molecule has 0 aliphatic carbocycles. The van der Waals surface area contributed by atoms with Crippen molar-refractivity contribution in [2.24, 2.45) is 5.92 Å². The molecule has 34 heavy (non-hydrogen) atoms. The van der Waals surface area contributed by atoms with Gasteiger partial charge < -0.3 is 20.1 Å². The van der Waals surface area contributed by atoms with E-state index >= 15 is 0 Å². The third-order valence-electron chi connectivity index (χ3n) is 5.12. The van der Waals surface area contributed by atoms with E-state index in [1.807, 2.05) is 74.7 Å². The minimum absolute atomic E-state index is 0.0772. The van der Waals surface area contributed by atoms with Crippen LogP contribution in [0.4, 0.5) is 4.79 Å². The van der Waals surface area contributed by atoms with E-state index in [4.69, 9.17) is 9.47 Å². The number of methoxy groups -OCH3 is 1. The predicted octanol–water partition coefficient (Wildman–Crippen LogP) is 4.00. The summed E-state index contributed by atoms with van der Waals surface area (Å²) >= 11 is 1.41. The molecule has 0 heterocycles. The summed E-state index contributed by atoms with van der Waals surface area (Å²) in [6, 6.07) is 15.2. The van der Waals surface area contributed by atoms with Crippen molar-refractivity contribution in [1.82, 2.24) is 10.6 Å². The largest absolute Gasteiger partial charge is 0.497 e. The van der Waals surface area contributed by atoms with Gasteiger partial charge in [0.1, 0.15) is 18.4 Å². The lowest BCUT2D eigenvalue weighted by molar-refractivity contribution is -0.128. The Morgan fingerprint density at radius 2 is 1.59 bits per heavy atom. The maximum absolute atomic E-state index is 13.1. The average Bonchev–Trinajstić information content (AvgIpc) is 2.83. The fourth-order valence-corrected chi connectivity index (χ4v) is 3.85. The summed E-state index contributed by atoms with van der Waals surface area (Å²) in [4.78, 5) is 38.3. The molecule has 0 fully saturated rings. The van der Waals surface area contributed by atoms with Gasteiger partial charge in [-0.3, -0.25) is 9.59 Å². The number of hydrogen-bond donors (Lipinski definition) is 2. The molecule has 0 aromatic heterocycles. The second-order valence-electron chi connectivity index (χ2n) is 8.40. The van der Waals surface area contributed by atoms with Crippen LogP contribution in [0.3, 0.4) is 0 Å². The lowest BCUT2D eigenvalue weighted by atomic mass is 10.00. The van der Waals surface area contributed by atoms with Crippen LogP contribution in [-0.4, -0.2) is 49.0 Å². The topological polar surface area (TPSA) is 93.7 Å². The monoisotopic (exact) mass is 486 g/mol. The summed E-state index contributed by atoms with van der Waals surface area (Å²) in [7, 11) is 1.59. The van der Waals surface area contributed by atoms with E-state index in [1.54, 1.807) is 7.11 Å². The number of rotatable bonds is 13. The van der Waals surface area contributed by atoms with Crippen LogP contribution in [0.25, 0.3) is 0 Å². The van der Waals surface area contributed by atoms with Gasteiger partial charge in [-0.2, -0.15) is 11.8 Å². The number of carbonyl (C=O) groups is 3. The molecule has 0 bridgehead atoms. The van der Waals surface area contributed by atoms with Gasteiger partial charge in [0.25, 0.3) is 0 Å². The van der Waals surface area contributed by atoms with Crippen LogP contribution >= 0.6 is 11.8 Å². The van der Waals surface area contributed by atoms with Crippen LogP contribution in [0.15, 0.2) is 54.6 Å². The van der Waals surface area contributed by atoms with Gasteiger partial charge in [-0.1, -0.05) is 56.3 Å². The Bertz CT molecular complexity index is 919. The molecular formula is C26H34N2O5S. The zero-order chi connectivity index (χ0) is 24.9. The molecule has 0 radical (unpaired) electrons. The van der Waals surface area contributed by atoms with Crippen molar-refractivity contribution >= 4 is 29.5 Å². The van der Waals surface area contributed by atoms with E-state index in [0.717, 1.165) is 16.9 Å². The van der Waals surface area contributed by atoms with Gasteiger partial charge in [-0.15, -0.1) is 0 Å². The van der Waals surface area contributed by atoms with Crippen molar-refractivity contribution < 1.29 is 23.9 Å². The highest BCUT2D eigenvalue weighted by Crippen LogP contribution is 2.14. The number of nitrogens with one attached hydrogen (secondary N) is 2. The molecule has 0 saturated carbocycles. The Labute approximate surface area is 206 Å². The summed E-state index contributed by atoms with van der Waals surface area (Å²) in [5.74, 6) is 0.662. The second kappa shape index (κ2) is 14.3. The maximum Gasteiger partial charge on any atom is 0.408 e. The van der Waals surface area contributed by atoms with Gasteiger partial charge in [0, 0.05) is 0 Å². The summed E-state index contributed by atoms with van der Waals surface area (Å²) in [6.45, 7) is 4.03. The number of carbonyl (C=O) groups excluding carboxylic acids is 3. The van der Waals surface area contributed by atoms with Crippen LogP contribution in [0, 0.1) is 5.92 Å². The van der Waals surface area contributed by atoms with Crippen LogP contribution in [0.2, 0.25) is 0 Å². The first-order valence-corrected chi connectivity index (χ1v) is 12.6. The molecule has 184 valence electrons. The Morgan fingerprint density at radius 3 is 2.18 bits per heavy atom. The van der Waals surface area contributed by atoms with E-state index in [-0.39, 0.29) is 24.1 Å². The summed E-state index contributed by atoms with van der Waals surface area (Å²) in [5, 5.41) is 5.53. The number of amides is 2. The van der Waals surface area contributed by atoms with E-state index in [0.29, 0.717) is 12.8 Å². The van der Waals surface area contributed by atoms with Crippen LogP contribution < -0.4 is 15.4 Å². The number of thioether (sulfide) groups is 1. The normalized spacial score (nSPS) is 12.5. The fraction of sp³-hybridized carbons (Fsp3) is 0.423. The molecule has 2 aromatic rings. The smallest absolute Gasteiger partial charge is 0.408 e. The Balaban J connectivity index is 2.06. The van der Waals surface area contributed by atoms with Crippen LogP contribution in [0.1, 0.15) is 31.4 Å². The second-order valence-corrected chi connectivity index (χ2v) is 9.27. The third-order valence-corrected chi connectivity index (χ3v) is 5.69. The van der Waals surface area contributed by atoms with E-state index in [1.165, 1.54) is 11.8 Å². The average molecular weight is 487 g/mol. The third kappa shape index (κ3) is 9.47. The molecule has 2 amide bonds. The van der Waals surface area contributed by atoms with Gasteiger partial charge in [0.15, 0.2) is 5.78 Å². The molecule has 0 saturated heterocycles. The highest BCUT2D eigenvalue weighted by Gasteiger charge is 2.27. The lowest BCUT2D eigenvalue weighted by Gasteiger charge is -2.24. The predicted molar refractivity (Wildman–Crippen MR) is 135 cm³/mol. The van der Waals surface area contributed by atoms with Crippen molar-refractivity contribution in [2.45, 2.75) is 45.4 Å². The summed E-state index contributed by atoms with van der Waals surface area (Å²) in [6.07, 6.45) is 1.93. The Kier molecular flexibility index (Phi) is 11.5. The van der Waals surface area contributed by atoms with E-state index in [2.05, 4.69) is 10.6 Å². The highest BCUT2D eigenvalue weighted by molar-refractivity contribution is 7.99. The quantitative estimate of drug-likeness (QED) is 0.445. The van der Waals surface area contributed by atoms with Gasteiger partial charge in [-0.05, 0) is 48.3 Å².